The lowest BCUT2D eigenvalue weighted by Crippen LogP contribution is -2.15. The van der Waals surface area contributed by atoms with E-state index >= 15 is 0 Å². The van der Waals surface area contributed by atoms with Gasteiger partial charge in [-0.2, -0.15) is 0 Å². The third-order valence-corrected chi connectivity index (χ3v) is 3.26. The standard InChI is InChI=1S/C15H16O6/c1-7(16)3-10(17)6-11-4-9-5-12(18)8(2)14(19)13(9)15(20)21-11/h4-5,10,17-19H,3,6H2,1-2H3. The molecule has 3 N–H and O–H groups in total. The predicted octanol–water partition coefficient (Wildman–Crippen LogP) is 1.40. The largest absolute Gasteiger partial charge is 0.508 e. The molecular weight excluding hydrogens is 276 g/mol. The normalized spacial score (nSPS) is 12.5. The monoisotopic (exact) mass is 292 g/mol. The summed E-state index contributed by atoms with van der Waals surface area (Å²) in [7, 11) is 0. The van der Waals surface area contributed by atoms with Gasteiger partial charge in [0.25, 0.3) is 0 Å². The van der Waals surface area contributed by atoms with E-state index in [0.717, 1.165) is 0 Å². The number of aliphatic hydroxyl groups is 1. The SMILES string of the molecule is CC(=O)CC(O)Cc1cc2cc(O)c(C)c(O)c2c(=O)o1. The maximum Gasteiger partial charge on any atom is 0.347 e. The van der Waals surface area contributed by atoms with Crippen LogP contribution in [0.4, 0.5) is 0 Å². The Morgan fingerprint density at radius 3 is 2.62 bits per heavy atom. The van der Waals surface area contributed by atoms with Crippen LogP contribution in [0.5, 0.6) is 11.5 Å². The highest BCUT2D eigenvalue weighted by atomic mass is 16.4. The van der Waals surface area contributed by atoms with Crippen molar-refractivity contribution in [1.29, 1.82) is 0 Å². The summed E-state index contributed by atoms with van der Waals surface area (Å²) in [5, 5.41) is 29.6. The number of ketones is 1. The van der Waals surface area contributed by atoms with Gasteiger partial charge in [0.15, 0.2) is 0 Å². The Labute approximate surface area is 120 Å². The van der Waals surface area contributed by atoms with E-state index < -0.39 is 11.7 Å². The minimum atomic E-state index is -0.948. The van der Waals surface area contributed by atoms with E-state index in [4.69, 9.17) is 4.42 Å². The van der Waals surface area contributed by atoms with Crippen LogP contribution < -0.4 is 5.63 Å². The molecule has 6 nitrogen and oxygen atoms in total. The molecule has 0 amide bonds. The Bertz CT molecular complexity index is 759. The van der Waals surface area contributed by atoms with Crippen LogP contribution in [0.15, 0.2) is 21.3 Å². The molecule has 2 aromatic rings. The molecule has 0 fully saturated rings. The van der Waals surface area contributed by atoms with E-state index in [0.29, 0.717) is 5.39 Å². The van der Waals surface area contributed by atoms with Crippen molar-refractivity contribution in [2.75, 3.05) is 0 Å². The summed E-state index contributed by atoms with van der Waals surface area (Å²) in [5.41, 5.74) is -0.558. The van der Waals surface area contributed by atoms with Crippen molar-refractivity contribution in [1.82, 2.24) is 0 Å². The summed E-state index contributed by atoms with van der Waals surface area (Å²) in [5.74, 6) is -0.448. The summed E-state index contributed by atoms with van der Waals surface area (Å²) in [6.07, 6.45) is -0.984. The van der Waals surface area contributed by atoms with Crippen molar-refractivity contribution in [3.05, 3.63) is 33.9 Å². The summed E-state index contributed by atoms with van der Waals surface area (Å²) in [6.45, 7) is 2.84. The first-order valence-corrected chi connectivity index (χ1v) is 6.45. The molecule has 21 heavy (non-hydrogen) atoms. The first-order chi connectivity index (χ1) is 9.79. The fraction of sp³-hybridized carbons (Fsp3) is 0.333. The second kappa shape index (κ2) is 5.57. The van der Waals surface area contributed by atoms with Crippen LogP contribution in [0.25, 0.3) is 10.8 Å². The Hall–Kier alpha value is -2.34. The predicted molar refractivity (Wildman–Crippen MR) is 75.6 cm³/mol. The fourth-order valence-corrected chi connectivity index (χ4v) is 2.21. The zero-order chi connectivity index (χ0) is 15.7. The molecule has 0 aliphatic carbocycles. The van der Waals surface area contributed by atoms with E-state index in [9.17, 15) is 24.9 Å². The number of carbonyl (C=O) groups is 1. The van der Waals surface area contributed by atoms with Crippen LogP contribution in [0.1, 0.15) is 24.7 Å². The van der Waals surface area contributed by atoms with Gasteiger partial charge in [-0.25, -0.2) is 4.79 Å². The molecule has 1 aromatic carbocycles. The van der Waals surface area contributed by atoms with Gasteiger partial charge in [-0.15, -0.1) is 0 Å². The van der Waals surface area contributed by atoms with Crippen molar-refractivity contribution in [3.63, 3.8) is 0 Å². The zero-order valence-electron chi connectivity index (χ0n) is 11.7. The summed E-state index contributed by atoms with van der Waals surface area (Å²) in [4.78, 5) is 22.9. The molecule has 0 saturated heterocycles. The molecular formula is C15H16O6. The average molecular weight is 292 g/mol. The molecule has 112 valence electrons. The number of aromatic hydroxyl groups is 2. The smallest absolute Gasteiger partial charge is 0.347 e. The number of phenols is 2. The van der Waals surface area contributed by atoms with Crippen LogP contribution in [0, 0.1) is 6.92 Å². The number of carbonyl (C=O) groups excluding carboxylic acids is 1. The third kappa shape index (κ3) is 3.05. The lowest BCUT2D eigenvalue weighted by atomic mass is 10.0. The Balaban J connectivity index is 2.48. The zero-order valence-corrected chi connectivity index (χ0v) is 11.7. The minimum absolute atomic E-state index is 0.000159. The quantitative estimate of drug-likeness (QED) is 0.786. The number of rotatable bonds is 4. The second-order valence-corrected chi connectivity index (χ2v) is 5.10. The number of aliphatic hydroxyl groups excluding tert-OH is 1. The molecule has 1 aromatic heterocycles. The molecule has 0 aliphatic heterocycles. The summed E-state index contributed by atoms with van der Waals surface area (Å²) >= 11 is 0. The van der Waals surface area contributed by atoms with Gasteiger partial charge in [-0.05, 0) is 31.4 Å². The van der Waals surface area contributed by atoms with Gasteiger partial charge < -0.3 is 19.7 Å². The van der Waals surface area contributed by atoms with E-state index in [2.05, 4.69) is 0 Å². The first kappa shape index (κ1) is 15.1. The lowest BCUT2D eigenvalue weighted by Gasteiger charge is -2.10. The number of phenolic OH excluding ortho intramolecular Hbond substituents is 2. The molecule has 1 unspecified atom stereocenters. The molecule has 0 spiro atoms. The van der Waals surface area contributed by atoms with Crippen molar-refractivity contribution in [2.45, 2.75) is 32.8 Å². The summed E-state index contributed by atoms with van der Waals surface area (Å²) < 4.78 is 5.05. The van der Waals surface area contributed by atoms with Crippen LogP contribution in [-0.2, 0) is 11.2 Å². The molecule has 0 saturated carbocycles. The maximum atomic E-state index is 11.9. The van der Waals surface area contributed by atoms with Gasteiger partial charge in [0.2, 0.25) is 0 Å². The average Bonchev–Trinajstić information content (AvgIpc) is 2.34. The van der Waals surface area contributed by atoms with Gasteiger partial charge in [0.1, 0.15) is 28.4 Å². The minimum Gasteiger partial charge on any atom is -0.508 e. The van der Waals surface area contributed by atoms with Gasteiger partial charge in [-0.3, -0.25) is 4.79 Å². The molecule has 0 aliphatic rings. The van der Waals surface area contributed by atoms with Gasteiger partial charge in [0, 0.05) is 18.4 Å². The van der Waals surface area contributed by atoms with Gasteiger partial charge in [0.05, 0.1) is 6.10 Å². The fourth-order valence-electron chi connectivity index (χ4n) is 2.21. The number of fused-ring (bicyclic) bond motifs is 1. The van der Waals surface area contributed by atoms with Crippen LogP contribution in [0.2, 0.25) is 0 Å². The van der Waals surface area contributed by atoms with E-state index in [1.165, 1.54) is 26.0 Å². The molecule has 1 heterocycles. The number of Topliss-reactive ketones (excluding diaryl/α,β-unsaturated/α-hetero) is 1. The first-order valence-electron chi connectivity index (χ1n) is 6.45. The molecule has 0 radical (unpaired) electrons. The van der Waals surface area contributed by atoms with Crippen molar-refractivity contribution < 1.29 is 24.5 Å². The van der Waals surface area contributed by atoms with Crippen molar-refractivity contribution in [3.8, 4) is 11.5 Å². The highest BCUT2D eigenvalue weighted by Crippen LogP contribution is 2.33. The topological polar surface area (TPSA) is 108 Å². The Morgan fingerprint density at radius 2 is 2.00 bits per heavy atom. The van der Waals surface area contributed by atoms with Crippen LogP contribution in [0.3, 0.4) is 0 Å². The van der Waals surface area contributed by atoms with Crippen LogP contribution in [-0.4, -0.2) is 27.2 Å². The van der Waals surface area contributed by atoms with E-state index in [-0.39, 0.29) is 46.8 Å². The third-order valence-electron chi connectivity index (χ3n) is 3.26. The Kier molecular flexibility index (Phi) is 3.99. The number of hydrogen-bond acceptors (Lipinski definition) is 6. The molecule has 1 atom stereocenters. The maximum absolute atomic E-state index is 11.9. The molecule has 2 rings (SSSR count). The summed E-state index contributed by atoms with van der Waals surface area (Å²) in [6, 6.07) is 2.81. The van der Waals surface area contributed by atoms with Gasteiger partial charge in [-0.1, -0.05) is 0 Å². The lowest BCUT2D eigenvalue weighted by molar-refractivity contribution is -0.118. The van der Waals surface area contributed by atoms with Crippen molar-refractivity contribution in [2.24, 2.45) is 0 Å². The number of benzene rings is 1. The Morgan fingerprint density at radius 1 is 1.33 bits per heavy atom. The van der Waals surface area contributed by atoms with E-state index in [1.54, 1.807) is 0 Å². The van der Waals surface area contributed by atoms with Crippen molar-refractivity contribution >= 4 is 16.6 Å². The van der Waals surface area contributed by atoms with Gasteiger partial charge >= 0.3 is 5.63 Å². The highest BCUT2D eigenvalue weighted by Gasteiger charge is 2.16. The molecule has 6 heteroatoms. The highest BCUT2D eigenvalue weighted by molar-refractivity contribution is 5.90. The van der Waals surface area contributed by atoms with E-state index in [1.807, 2.05) is 0 Å². The van der Waals surface area contributed by atoms with Crippen LogP contribution >= 0.6 is 0 Å². The second-order valence-electron chi connectivity index (χ2n) is 5.10. The molecule has 0 bridgehead atoms. The number of hydrogen-bond donors (Lipinski definition) is 3.